The molecule has 0 spiro atoms. The van der Waals surface area contributed by atoms with Crippen molar-refractivity contribution in [3.8, 4) is 0 Å². The van der Waals surface area contributed by atoms with Crippen molar-refractivity contribution in [1.29, 1.82) is 0 Å². The zero-order valence-electron chi connectivity index (χ0n) is 20.9. The molecular weight excluding hydrogens is 447 g/mol. The van der Waals surface area contributed by atoms with E-state index in [1.165, 1.54) is 17.0 Å². The second kappa shape index (κ2) is 11.4. The Morgan fingerprint density at radius 2 is 1.97 bits per heavy atom. The lowest BCUT2D eigenvalue weighted by Gasteiger charge is -2.36. The summed E-state index contributed by atoms with van der Waals surface area (Å²) in [6.45, 7) is 6.57. The van der Waals surface area contributed by atoms with Crippen molar-refractivity contribution in [3.63, 3.8) is 0 Å². The molecule has 188 valence electrons. The Labute approximate surface area is 206 Å². The summed E-state index contributed by atoms with van der Waals surface area (Å²) in [6.07, 6.45) is 1.54. The summed E-state index contributed by atoms with van der Waals surface area (Å²) >= 11 is 0. The minimum absolute atomic E-state index is 0.0375. The Balaban J connectivity index is 1.79. The highest BCUT2D eigenvalue weighted by Gasteiger charge is 2.36. The molecule has 1 aliphatic rings. The number of hydrogen-bond acceptors (Lipinski definition) is 5. The van der Waals surface area contributed by atoms with Crippen LogP contribution in [0.3, 0.4) is 0 Å². The zero-order chi connectivity index (χ0) is 25.6. The summed E-state index contributed by atoms with van der Waals surface area (Å²) in [7, 11) is 1.60. The maximum atomic E-state index is 14.5. The van der Waals surface area contributed by atoms with E-state index in [9.17, 15) is 14.0 Å². The minimum Gasteiger partial charge on any atom is -0.385 e. The number of halogens is 1. The van der Waals surface area contributed by atoms with Crippen molar-refractivity contribution in [1.82, 2.24) is 10.2 Å². The molecule has 0 aromatic heterocycles. The number of nitrogens with zero attached hydrogens (tertiary/aromatic N) is 2. The average Bonchev–Trinajstić information content (AvgIpc) is 2.78. The number of carbonyl (C=O) groups excluding carboxylic acids is 2. The predicted molar refractivity (Wildman–Crippen MR) is 134 cm³/mol. The molecule has 1 heterocycles. The molecule has 3 rings (SSSR count). The van der Waals surface area contributed by atoms with Crippen LogP contribution in [0.1, 0.15) is 67.6 Å². The van der Waals surface area contributed by atoms with Crippen LogP contribution in [0, 0.1) is 11.7 Å². The lowest BCUT2D eigenvalue weighted by molar-refractivity contribution is -0.130. The van der Waals surface area contributed by atoms with Gasteiger partial charge in [-0.25, -0.2) is 9.38 Å². The summed E-state index contributed by atoms with van der Waals surface area (Å²) in [4.78, 5) is 31.9. The van der Waals surface area contributed by atoms with E-state index in [-0.39, 0.29) is 36.4 Å². The van der Waals surface area contributed by atoms with E-state index in [1.54, 1.807) is 13.2 Å². The molecule has 1 aliphatic heterocycles. The molecule has 3 N–H and O–H groups in total. The first kappa shape index (κ1) is 26.3. The fourth-order valence-electron chi connectivity index (χ4n) is 4.63. The first-order valence-corrected chi connectivity index (χ1v) is 11.9. The Kier molecular flexibility index (Phi) is 8.62. The minimum atomic E-state index is -0.564. The molecule has 0 saturated heterocycles. The van der Waals surface area contributed by atoms with E-state index in [2.05, 4.69) is 24.2 Å². The lowest BCUT2D eigenvalue weighted by Crippen LogP contribution is -2.50. The average molecular weight is 483 g/mol. The van der Waals surface area contributed by atoms with Gasteiger partial charge in [0, 0.05) is 19.3 Å². The predicted octanol–water partition coefficient (Wildman–Crippen LogP) is 4.19. The number of methoxy groups -OCH3 is 1. The Morgan fingerprint density at radius 3 is 2.60 bits per heavy atom. The first-order valence-electron chi connectivity index (χ1n) is 11.9. The molecule has 0 aliphatic carbocycles. The van der Waals surface area contributed by atoms with Crippen LogP contribution in [-0.4, -0.2) is 41.9 Å². The number of benzene rings is 2. The number of nitrogens with two attached hydrogens (primary N) is 1. The maximum absolute atomic E-state index is 14.5. The van der Waals surface area contributed by atoms with Gasteiger partial charge in [-0.1, -0.05) is 44.2 Å². The molecule has 0 radical (unpaired) electrons. The van der Waals surface area contributed by atoms with E-state index in [0.717, 1.165) is 12.0 Å². The van der Waals surface area contributed by atoms with Crippen molar-refractivity contribution in [3.05, 3.63) is 71.0 Å². The van der Waals surface area contributed by atoms with Crippen LogP contribution in [0.15, 0.2) is 53.5 Å². The summed E-state index contributed by atoms with van der Waals surface area (Å²) < 4.78 is 19.7. The number of hydrogen-bond donors (Lipinski definition) is 2. The number of guanidine groups is 1. The fraction of sp³-hybridized carbons (Fsp3) is 0.444. The van der Waals surface area contributed by atoms with E-state index >= 15 is 0 Å². The van der Waals surface area contributed by atoms with Gasteiger partial charge in [0.05, 0.1) is 24.5 Å². The highest BCUT2D eigenvalue weighted by Crippen LogP contribution is 2.30. The molecule has 7 nitrogen and oxygen atoms in total. The van der Waals surface area contributed by atoms with E-state index < -0.39 is 17.3 Å². The number of carbonyl (C=O) groups is 2. The largest absolute Gasteiger partial charge is 0.385 e. The van der Waals surface area contributed by atoms with E-state index in [0.29, 0.717) is 24.5 Å². The molecule has 35 heavy (non-hydrogen) atoms. The normalized spacial score (nSPS) is 19.0. The summed E-state index contributed by atoms with van der Waals surface area (Å²) in [6, 6.07) is 13.3. The molecule has 8 heteroatoms. The Hall–Kier alpha value is -3.26. The quantitative estimate of drug-likeness (QED) is 0.531. The molecule has 2 amide bonds. The molecule has 2 aromatic carbocycles. The molecule has 0 bridgehead atoms. The molecule has 2 aromatic rings. The number of aliphatic imine (C=N–C) groups is 1. The summed E-state index contributed by atoms with van der Waals surface area (Å²) in [5.41, 5.74) is 7.17. The van der Waals surface area contributed by atoms with Gasteiger partial charge in [-0.05, 0) is 55.0 Å². The van der Waals surface area contributed by atoms with Crippen molar-refractivity contribution in [2.75, 3.05) is 13.7 Å². The topological polar surface area (TPSA) is 97.0 Å². The number of rotatable bonds is 10. The third-order valence-electron chi connectivity index (χ3n) is 6.02. The monoisotopic (exact) mass is 482 g/mol. The second-order valence-corrected chi connectivity index (χ2v) is 9.79. The van der Waals surface area contributed by atoms with Gasteiger partial charge in [-0.3, -0.25) is 14.5 Å². The van der Waals surface area contributed by atoms with Gasteiger partial charge in [0.1, 0.15) is 5.82 Å². The van der Waals surface area contributed by atoms with Gasteiger partial charge in [0.25, 0.3) is 5.91 Å². The van der Waals surface area contributed by atoms with E-state index in [4.69, 9.17) is 10.5 Å². The van der Waals surface area contributed by atoms with Gasteiger partial charge in [-0.2, -0.15) is 0 Å². The highest BCUT2D eigenvalue weighted by atomic mass is 19.1. The van der Waals surface area contributed by atoms with Gasteiger partial charge in [0.15, 0.2) is 5.96 Å². The van der Waals surface area contributed by atoms with Crippen LogP contribution in [0.4, 0.5) is 4.39 Å². The van der Waals surface area contributed by atoms with Crippen molar-refractivity contribution in [2.45, 2.75) is 58.2 Å². The Bertz CT molecular complexity index is 1070. The third-order valence-corrected chi connectivity index (χ3v) is 6.02. The lowest BCUT2D eigenvalue weighted by atomic mass is 9.87. The van der Waals surface area contributed by atoms with Crippen LogP contribution >= 0.6 is 0 Å². The van der Waals surface area contributed by atoms with Gasteiger partial charge in [-0.15, -0.1) is 0 Å². The van der Waals surface area contributed by atoms with Crippen LogP contribution in [-0.2, 0) is 16.1 Å². The number of amides is 2. The van der Waals surface area contributed by atoms with Crippen molar-refractivity contribution >= 4 is 17.8 Å². The SMILES string of the molecule is COCCC(NC(=O)c1cc(F)cc(CN2C(=O)CC(C)(CC(C)C)N=C2N)c1)c1ccccc1. The molecule has 0 fully saturated rings. The maximum Gasteiger partial charge on any atom is 0.251 e. The zero-order valence-corrected chi connectivity index (χ0v) is 20.9. The van der Waals surface area contributed by atoms with Crippen molar-refractivity contribution < 1.29 is 18.7 Å². The molecular formula is C27H35FN4O3. The van der Waals surface area contributed by atoms with Gasteiger partial charge in [0.2, 0.25) is 5.91 Å². The molecule has 2 atom stereocenters. The molecule has 2 unspecified atom stereocenters. The van der Waals surface area contributed by atoms with Gasteiger partial charge < -0.3 is 15.8 Å². The van der Waals surface area contributed by atoms with Crippen LogP contribution in [0.2, 0.25) is 0 Å². The molecule has 0 saturated carbocycles. The van der Waals surface area contributed by atoms with Crippen LogP contribution in [0.5, 0.6) is 0 Å². The highest BCUT2D eigenvalue weighted by molar-refractivity contribution is 5.99. The Morgan fingerprint density at radius 1 is 1.26 bits per heavy atom. The number of ether oxygens (including phenoxy) is 1. The number of nitrogens with one attached hydrogen (secondary N) is 1. The first-order chi connectivity index (χ1) is 16.6. The fourth-order valence-corrected chi connectivity index (χ4v) is 4.63. The van der Waals surface area contributed by atoms with Crippen LogP contribution < -0.4 is 11.1 Å². The van der Waals surface area contributed by atoms with Crippen molar-refractivity contribution in [2.24, 2.45) is 16.6 Å². The summed E-state index contributed by atoms with van der Waals surface area (Å²) in [5.74, 6) is -0.663. The van der Waals surface area contributed by atoms with Crippen LogP contribution in [0.25, 0.3) is 0 Å². The third kappa shape index (κ3) is 7.11. The second-order valence-electron chi connectivity index (χ2n) is 9.79. The smallest absolute Gasteiger partial charge is 0.251 e. The summed E-state index contributed by atoms with van der Waals surface area (Å²) in [5, 5.41) is 2.97. The standard InChI is InChI=1S/C27H35FN4O3/c1-18(2)15-27(3)16-24(33)32(26(29)31-27)17-19-12-21(14-22(28)13-19)25(34)30-23(10-11-35-4)20-8-6-5-7-9-20/h5-9,12-14,18,23H,10-11,15-17H2,1-4H3,(H2,29,31)(H,30,34). The van der Waals surface area contributed by atoms with E-state index in [1.807, 2.05) is 37.3 Å². The van der Waals surface area contributed by atoms with Gasteiger partial charge >= 0.3 is 0 Å².